The van der Waals surface area contributed by atoms with Crippen LogP contribution in [-0.2, 0) is 11.2 Å². The summed E-state index contributed by atoms with van der Waals surface area (Å²) >= 11 is 0. The van der Waals surface area contributed by atoms with E-state index in [1.807, 2.05) is 59.2 Å². The van der Waals surface area contributed by atoms with E-state index >= 15 is 0 Å². The minimum Gasteiger partial charge on any atom is -0.497 e. The number of para-hydroxylation sites is 2. The molecule has 0 saturated carbocycles. The van der Waals surface area contributed by atoms with E-state index in [0.29, 0.717) is 11.5 Å². The molecule has 1 heterocycles. The standard InChI is InChI=1S/C23H21N3O3/c1-28-19-11-12-22(29-2)16(13-19)14-23(27)25-17-7-9-18(10-8-17)26-15-24-20-5-3-4-6-21(20)26/h3-13,15H,14H2,1-2H3,(H,25,27). The Morgan fingerprint density at radius 2 is 1.79 bits per heavy atom. The van der Waals surface area contributed by atoms with E-state index in [1.54, 1.807) is 32.7 Å². The quantitative estimate of drug-likeness (QED) is 0.538. The summed E-state index contributed by atoms with van der Waals surface area (Å²) in [6, 6.07) is 21.0. The van der Waals surface area contributed by atoms with Crippen LogP contribution >= 0.6 is 0 Å². The molecule has 0 aliphatic rings. The number of imidazole rings is 1. The van der Waals surface area contributed by atoms with Crippen molar-refractivity contribution >= 4 is 22.6 Å². The summed E-state index contributed by atoms with van der Waals surface area (Å²) in [5.74, 6) is 1.21. The second kappa shape index (κ2) is 8.06. The first kappa shape index (κ1) is 18.6. The molecule has 1 aromatic heterocycles. The van der Waals surface area contributed by atoms with Crippen LogP contribution in [0.25, 0.3) is 16.7 Å². The lowest BCUT2D eigenvalue weighted by molar-refractivity contribution is -0.115. The SMILES string of the molecule is COc1ccc(OC)c(CC(=O)Nc2ccc(-n3cnc4ccccc43)cc2)c1. The first-order valence-corrected chi connectivity index (χ1v) is 9.21. The first-order valence-electron chi connectivity index (χ1n) is 9.21. The molecule has 6 heteroatoms. The highest BCUT2D eigenvalue weighted by atomic mass is 16.5. The third kappa shape index (κ3) is 3.91. The van der Waals surface area contributed by atoms with Crippen molar-refractivity contribution < 1.29 is 14.3 Å². The molecular weight excluding hydrogens is 366 g/mol. The summed E-state index contributed by atoms with van der Waals surface area (Å²) in [6.07, 6.45) is 1.99. The Kier molecular flexibility index (Phi) is 5.16. The smallest absolute Gasteiger partial charge is 0.228 e. The average molecular weight is 387 g/mol. The summed E-state index contributed by atoms with van der Waals surface area (Å²) in [5.41, 5.74) is 4.45. The maximum Gasteiger partial charge on any atom is 0.228 e. The van der Waals surface area contributed by atoms with Gasteiger partial charge in [0.05, 0.1) is 31.7 Å². The van der Waals surface area contributed by atoms with Crippen molar-refractivity contribution in [1.82, 2.24) is 9.55 Å². The average Bonchev–Trinajstić information content (AvgIpc) is 3.18. The Morgan fingerprint density at radius 3 is 2.55 bits per heavy atom. The van der Waals surface area contributed by atoms with Crippen LogP contribution < -0.4 is 14.8 Å². The van der Waals surface area contributed by atoms with Gasteiger partial charge in [0.15, 0.2) is 0 Å². The van der Waals surface area contributed by atoms with Crippen molar-refractivity contribution in [2.24, 2.45) is 0 Å². The van der Waals surface area contributed by atoms with Gasteiger partial charge in [-0.05, 0) is 54.6 Å². The fourth-order valence-corrected chi connectivity index (χ4v) is 3.27. The third-order valence-electron chi connectivity index (χ3n) is 4.72. The van der Waals surface area contributed by atoms with E-state index in [0.717, 1.165) is 28.0 Å². The number of nitrogens with one attached hydrogen (secondary N) is 1. The normalized spacial score (nSPS) is 10.7. The molecule has 0 bridgehead atoms. The lowest BCUT2D eigenvalue weighted by atomic mass is 10.1. The van der Waals surface area contributed by atoms with E-state index in [2.05, 4.69) is 10.3 Å². The van der Waals surface area contributed by atoms with Crippen LogP contribution in [0.5, 0.6) is 11.5 Å². The van der Waals surface area contributed by atoms with E-state index in [9.17, 15) is 4.79 Å². The molecule has 29 heavy (non-hydrogen) atoms. The molecule has 0 radical (unpaired) electrons. The summed E-state index contributed by atoms with van der Waals surface area (Å²) in [7, 11) is 3.18. The Balaban J connectivity index is 1.48. The summed E-state index contributed by atoms with van der Waals surface area (Å²) < 4.78 is 12.6. The van der Waals surface area contributed by atoms with Gasteiger partial charge < -0.3 is 14.8 Å². The Hall–Kier alpha value is -3.80. The number of anilines is 1. The van der Waals surface area contributed by atoms with Gasteiger partial charge in [-0.3, -0.25) is 9.36 Å². The predicted molar refractivity (Wildman–Crippen MR) is 113 cm³/mol. The van der Waals surface area contributed by atoms with Gasteiger partial charge in [0.1, 0.15) is 17.8 Å². The number of carbonyl (C=O) groups excluding carboxylic acids is 1. The molecule has 0 spiro atoms. The number of fused-ring (bicyclic) bond motifs is 1. The van der Waals surface area contributed by atoms with E-state index in [-0.39, 0.29) is 12.3 Å². The highest BCUT2D eigenvalue weighted by Crippen LogP contribution is 2.25. The van der Waals surface area contributed by atoms with Gasteiger partial charge in [-0.1, -0.05) is 12.1 Å². The molecule has 1 N–H and O–H groups in total. The molecule has 0 aliphatic carbocycles. The maximum atomic E-state index is 12.5. The number of amides is 1. The molecule has 3 aromatic carbocycles. The van der Waals surface area contributed by atoms with Crippen molar-refractivity contribution in [2.45, 2.75) is 6.42 Å². The first-order chi connectivity index (χ1) is 14.2. The van der Waals surface area contributed by atoms with E-state index in [4.69, 9.17) is 9.47 Å². The number of hydrogen-bond acceptors (Lipinski definition) is 4. The lowest BCUT2D eigenvalue weighted by Gasteiger charge is -2.11. The van der Waals surface area contributed by atoms with Gasteiger partial charge in [-0.25, -0.2) is 4.98 Å². The van der Waals surface area contributed by atoms with Crippen LogP contribution in [-0.4, -0.2) is 29.7 Å². The minimum absolute atomic E-state index is 0.127. The molecule has 1 amide bonds. The second-order valence-electron chi connectivity index (χ2n) is 6.55. The summed E-state index contributed by atoms with van der Waals surface area (Å²) in [5, 5.41) is 2.93. The number of nitrogens with zero attached hydrogens (tertiary/aromatic N) is 2. The Labute approximate surface area is 168 Å². The molecule has 146 valence electrons. The number of rotatable bonds is 6. The van der Waals surface area contributed by atoms with Gasteiger partial charge in [-0.2, -0.15) is 0 Å². The molecule has 0 atom stereocenters. The van der Waals surface area contributed by atoms with Crippen LogP contribution in [0.1, 0.15) is 5.56 Å². The topological polar surface area (TPSA) is 65.4 Å². The Morgan fingerprint density at radius 1 is 1.00 bits per heavy atom. The Bertz CT molecular complexity index is 1150. The van der Waals surface area contributed by atoms with Crippen molar-refractivity contribution in [3.05, 3.63) is 78.6 Å². The molecule has 0 fully saturated rings. The third-order valence-corrected chi connectivity index (χ3v) is 4.72. The fourth-order valence-electron chi connectivity index (χ4n) is 3.27. The number of benzene rings is 3. The maximum absolute atomic E-state index is 12.5. The molecule has 4 rings (SSSR count). The zero-order chi connectivity index (χ0) is 20.2. The molecule has 0 unspecified atom stereocenters. The minimum atomic E-state index is -0.127. The zero-order valence-corrected chi connectivity index (χ0v) is 16.3. The summed E-state index contributed by atoms with van der Waals surface area (Å²) in [4.78, 5) is 16.9. The summed E-state index contributed by atoms with van der Waals surface area (Å²) in [6.45, 7) is 0. The van der Waals surface area contributed by atoms with Gasteiger partial charge in [0.25, 0.3) is 0 Å². The fraction of sp³-hybridized carbons (Fsp3) is 0.130. The van der Waals surface area contributed by atoms with Crippen molar-refractivity contribution in [2.75, 3.05) is 19.5 Å². The van der Waals surface area contributed by atoms with Crippen LogP contribution in [0, 0.1) is 0 Å². The highest BCUT2D eigenvalue weighted by Gasteiger charge is 2.11. The van der Waals surface area contributed by atoms with Gasteiger partial charge in [-0.15, -0.1) is 0 Å². The molecular formula is C23H21N3O3. The van der Waals surface area contributed by atoms with E-state index < -0.39 is 0 Å². The van der Waals surface area contributed by atoms with Crippen molar-refractivity contribution in [3.63, 3.8) is 0 Å². The number of hydrogen-bond donors (Lipinski definition) is 1. The van der Waals surface area contributed by atoms with Crippen LogP contribution in [0.3, 0.4) is 0 Å². The van der Waals surface area contributed by atoms with Gasteiger partial charge >= 0.3 is 0 Å². The number of aromatic nitrogens is 2. The second-order valence-corrected chi connectivity index (χ2v) is 6.55. The van der Waals surface area contributed by atoms with Gasteiger partial charge in [0, 0.05) is 16.9 Å². The van der Waals surface area contributed by atoms with Crippen LogP contribution in [0.2, 0.25) is 0 Å². The molecule has 4 aromatic rings. The predicted octanol–water partition coefficient (Wildman–Crippen LogP) is 4.22. The number of carbonyl (C=O) groups is 1. The van der Waals surface area contributed by atoms with Crippen molar-refractivity contribution in [3.8, 4) is 17.2 Å². The highest BCUT2D eigenvalue weighted by molar-refractivity contribution is 5.92. The molecule has 0 aliphatic heterocycles. The largest absolute Gasteiger partial charge is 0.497 e. The number of ether oxygens (including phenoxy) is 2. The van der Waals surface area contributed by atoms with Crippen LogP contribution in [0.15, 0.2) is 73.1 Å². The monoisotopic (exact) mass is 387 g/mol. The zero-order valence-electron chi connectivity index (χ0n) is 16.3. The molecule has 6 nitrogen and oxygen atoms in total. The number of methoxy groups -OCH3 is 2. The van der Waals surface area contributed by atoms with Crippen LogP contribution in [0.4, 0.5) is 5.69 Å². The molecule has 0 saturated heterocycles. The van der Waals surface area contributed by atoms with Gasteiger partial charge in [0.2, 0.25) is 5.91 Å². The lowest BCUT2D eigenvalue weighted by Crippen LogP contribution is -2.15. The van der Waals surface area contributed by atoms with E-state index in [1.165, 1.54) is 0 Å². The van der Waals surface area contributed by atoms with Crippen molar-refractivity contribution in [1.29, 1.82) is 0 Å².